The number of amides is 1. The Morgan fingerprint density at radius 2 is 1.76 bits per heavy atom. The first-order valence-electron chi connectivity index (χ1n) is 14.1. The van der Waals surface area contributed by atoms with Gasteiger partial charge in [0, 0.05) is 0 Å². The highest BCUT2D eigenvalue weighted by molar-refractivity contribution is 6.02. The molecule has 5 fully saturated rings. The SMILES string of the molecule is CC(C)[C@@H]1CC[C@@H](C)C[C@H]1OC(=O)c1ccccc1NC(=O)COC(=O)C12C[C@H]3C[C@@H](CC(O)(C3)C1)C2. The van der Waals surface area contributed by atoms with Gasteiger partial charge in [-0.1, -0.05) is 39.3 Å². The van der Waals surface area contributed by atoms with Crippen molar-refractivity contribution >= 4 is 23.5 Å². The molecule has 0 unspecified atom stereocenters. The van der Waals surface area contributed by atoms with Crippen LogP contribution in [0.3, 0.4) is 0 Å². The van der Waals surface area contributed by atoms with Gasteiger partial charge in [0.15, 0.2) is 6.61 Å². The largest absolute Gasteiger partial charge is 0.458 e. The van der Waals surface area contributed by atoms with Gasteiger partial charge in [-0.3, -0.25) is 9.59 Å². The second-order valence-corrected chi connectivity index (χ2v) is 12.9. The molecule has 37 heavy (non-hydrogen) atoms. The van der Waals surface area contributed by atoms with Gasteiger partial charge in [0.25, 0.3) is 5.91 Å². The van der Waals surface area contributed by atoms with Crippen LogP contribution in [0.25, 0.3) is 0 Å². The maximum absolute atomic E-state index is 13.2. The summed E-state index contributed by atoms with van der Waals surface area (Å²) in [5, 5.41) is 13.7. The van der Waals surface area contributed by atoms with Crippen molar-refractivity contribution in [2.75, 3.05) is 11.9 Å². The molecule has 7 nitrogen and oxygen atoms in total. The first-order chi connectivity index (χ1) is 17.6. The number of hydrogen-bond acceptors (Lipinski definition) is 6. The molecule has 0 aliphatic heterocycles. The minimum atomic E-state index is -0.768. The van der Waals surface area contributed by atoms with E-state index in [0.29, 0.717) is 47.3 Å². The van der Waals surface area contributed by atoms with E-state index in [4.69, 9.17) is 9.47 Å². The van der Waals surface area contributed by atoms with E-state index in [1.165, 1.54) is 0 Å². The van der Waals surface area contributed by atoms with E-state index in [-0.39, 0.29) is 12.1 Å². The molecule has 0 radical (unpaired) electrons. The second-order valence-electron chi connectivity index (χ2n) is 12.9. The quantitative estimate of drug-likeness (QED) is 0.493. The lowest BCUT2D eigenvalue weighted by Gasteiger charge is -2.58. The van der Waals surface area contributed by atoms with Crippen LogP contribution >= 0.6 is 0 Å². The summed E-state index contributed by atoms with van der Waals surface area (Å²) in [6, 6.07) is 6.80. The lowest BCUT2D eigenvalue weighted by molar-refractivity contribution is -0.196. The van der Waals surface area contributed by atoms with E-state index in [1.54, 1.807) is 24.3 Å². The molecule has 0 heterocycles. The molecular weight excluding hydrogens is 470 g/mol. The number of aliphatic hydroxyl groups is 1. The van der Waals surface area contributed by atoms with Crippen molar-refractivity contribution in [1.29, 1.82) is 0 Å². The number of benzene rings is 1. The molecule has 5 aliphatic carbocycles. The van der Waals surface area contributed by atoms with E-state index < -0.39 is 29.5 Å². The number of esters is 2. The molecule has 1 amide bonds. The van der Waals surface area contributed by atoms with Gasteiger partial charge >= 0.3 is 11.9 Å². The average Bonchev–Trinajstić information content (AvgIpc) is 2.81. The van der Waals surface area contributed by atoms with Crippen molar-refractivity contribution < 1.29 is 29.0 Å². The van der Waals surface area contributed by atoms with Gasteiger partial charge in [-0.25, -0.2) is 4.79 Å². The molecule has 4 bridgehead atoms. The molecule has 1 aromatic carbocycles. The minimum absolute atomic E-state index is 0.143. The number of anilines is 1. The summed E-state index contributed by atoms with van der Waals surface area (Å²) in [5.41, 5.74) is -0.797. The zero-order chi connectivity index (χ0) is 26.4. The summed E-state index contributed by atoms with van der Waals surface area (Å²) in [4.78, 5) is 39.0. The fourth-order valence-corrected chi connectivity index (χ4v) is 8.14. The Labute approximate surface area is 219 Å². The fourth-order valence-electron chi connectivity index (χ4n) is 8.14. The van der Waals surface area contributed by atoms with Crippen LogP contribution in [0.15, 0.2) is 24.3 Å². The predicted octanol–water partition coefficient (Wildman–Crippen LogP) is 5.12. The first-order valence-corrected chi connectivity index (χ1v) is 14.1. The number of ether oxygens (including phenoxy) is 2. The second kappa shape index (κ2) is 10.0. The topological polar surface area (TPSA) is 102 Å². The Balaban J connectivity index is 1.20. The third kappa shape index (κ3) is 5.43. The van der Waals surface area contributed by atoms with Crippen LogP contribution in [0.4, 0.5) is 5.69 Å². The molecule has 0 spiro atoms. The molecule has 6 rings (SSSR count). The average molecular weight is 512 g/mol. The number of carbonyl (C=O) groups is 3. The van der Waals surface area contributed by atoms with Gasteiger partial charge in [0.1, 0.15) is 6.10 Å². The van der Waals surface area contributed by atoms with Crippen molar-refractivity contribution in [2.24, 2.45) is 35.0 Å². The van der Waals surface area contributed by atoms with Gasteiger partial charge in [-0.05, 0) is 93.1 Å². The van der Waals surface area contributed by atoms with Crippen LogP contribution in [-0.2, 0) is 19.1 Å². The Morgan fingerprint density at radius 3 is 2.43 bits per heavy atom. The van der Waals surface area contributed by atoms with E-state index in [2.05, 4.69) is 26.1 Å². The molecule has 5 saturated carbocycles. The summed E-state index contributed by atoms with van der Waals surface area (Å²) >= 11 is 0. The summed E-state index contributed by atoms with van der Waals surface area (Å²) < 4.78 is 11.5. The van der Waals surface area contributed by atoms with Crippen LogP contribution in [-0.4, -0.2) is 41.3 Å². The zero-order valence-electron chi connectivity index (χ0n) is 22.3. The van der Waals surface area contributed by atoms with Crippen molar-refractivity contribution in [3.63, 3.8) is 0 Å². The highest BCUT2D eigenvalue weighted by Crippen LogP contribution is 2.62. The summed E-state index contributed by atoms with van der Waals surface area (Å²) in [5.74, 6) is 0.637. The van der Waals surface area contributed by atoms with Crippen molar-refractivity contribution in [2.45, 2.75) is 90.3 Å². The van der Waals surface area contributed by atoms with Gasteiger partial charge in [-0.2, -0.15) is 0 Å². The number of carbonyl (C=O) groups excluding carboxylic acids is 3. The summed E-state index contributed by atoms with van der Waals surface area (Å²) in [7, 11) is 0. The standard InChI is InChI=1S/C30H41NO6/c1-18(2)22-9-8-19(3)10-25(22)37-27(33)23-6-4-5-7-24(23)31-26(32)16-36-28(34)29-12-20-11-21(13-29)15-30(35,14-20)17-29/h4-7,18-22,25,35H,8-17H2,1-3H3,(H,31,32)/t19-,20-,21-,22+,25-,29?,30?/m1/s1. The van der Waals surface area contributed by atoms with Crippen LogP contribution < -0.4 is 5.32 Å². The maximum atomic E-state index is 13.2. The Hall–Kier alpha value is -2.41. The first kappa shape index (κ1) is 26.2. The van der Waals surface area contributed by atoms with E-state index in [9.17, 15) is 19.5 Å². The predicted molar refractivity (Wildman–Crippen MR) is 139 cm³/mol. The molecular formula is C30H41NO6. The molecule has 2 N–H and O–H groups in total. The lowest BCUT2D eigenvalue weighted by Crippen LogP contribution is -2.58. The third-order valence-electron chi connectivity index (χ3n) is 9.44. The molecule has 0 saturated heterocycles. The molecule has 7 heteroatoms. The number of hydrogen-bond donors (Lipinski definition) is 2. The monoisotopic (exact) mass is 511 g/mol. The molecule has 5 atom stereocenters. The van der Waals surface area contributed by atoms with Crippen LogP contribution in [0.2, 0.25) is 0 Å². The summed E-state index contributed by atoms with van der Waals surface area (Å²) in [6.07, 6.45) is 7.39. The maximum Gasteiger partial charge on any atom is 0.340 e. The van der Waals surface area contributed by atoms with Gasteiger partial charge in [0.2, 0.25) is 0 Å². The Kier molecular flexibility index (Phi) is 7.12. The van der Waals surface area contributed by atoms with Crippen molar-refractivity contribution in [1.82, 2.24) is 0 Å². The van der Waals surface area contributed by atoms with Gasteiger partial charge in [-0.15, -0.1) is 0 Å². The zero-order valence-corrected chi connectivity index (χ0v) is 22.3. The smallest absolute Gasteiger partial charge is 0.340 e. The fraction of sp³-hybridized carbons (Fsp3) is 0.700. The Morgan fingerprint density at radius 1 is 1.05 bits per heavy atom. The van der Waals surface area contributed by atoms with Crippen molar-refractivity contribution in [3.05, 3.63) is 29.8 Å². The third-order valence-corrected chi connectivity index (χ3v) is 9.44. The minimum Gasteiger partial charge on any atom is -0.458 e. The number of para-hydroxylation sites is 1. The van der Waals surface area contributed by atoms with Crippen LogP contribution in [0.5, 0.6) is 0 Å². The number of nitrogens with one attached hydrogen (secondary N) is 1. The van der Waals surface area contributed by atoms with Crippen molar-refractivity contribution in [3.8, 4) is 0 Å². The molecule has 1 aromatic rings. The molecule has 0 aromatic heterocycles. The van der Waals surface area contributed by atoms with Gasteiger partial charge < -0.3 is 19.9 Å². The highest BCUT2D eigenvalue weighted by atomic mass is 16.5. The van der Waals surface area contributed by atoms with Crippen LogP contribution in [0, 0.1) is 35.0 Å². The normalized spacial score (nSPS) is 36.3. The Bertz CT molecular complexity index is 1040. The lowest BCUT2D eigenvalue weighted by atomic mass is 9.48. The highest BCUT2D eigenvalue weighted by Gasteiger charge is 2.61. The van der Waals surface area contributed by atoms with E-state index in [1.807, 2.05) is 0 Å². The van der Waals surface area contributed by atoms with Crippen LogP contribution in [0.1, 0.15) is 88.9 Å². The summed E-state index contributed by atoms with van der Waals surface area (Å²) in [6.45, 7) is 6.10. The van der Waals surface area contributed by atoms with E-state index in [0.717, 1.165) is 51.4 Å². The molecule has 5 aliphatic rings. The molecule has 202 valence electrons. The van der Waals surface area contributed by atoms with Gasteiger partial charge in [0.05, 0.1) is 22.3 Å². The van der Waals surface area contributed by atoms with E-state index >= 15 is 0 Å². The number of rotatable bonds is 7.